The van der Waals surface area contributed by atoms with Crippen LogP contribution in [0.15, 0.2) is 91.0 Å². The van der Waals surface area contributed by atoms with Crippen LogP contribution < -0.4 is 16.0 Å². The number of nitrogens with one attached hydrogen (secondary N) is 1. The van der Waals surface area contributed by atoms with Gasteiger partial charge in [-0.25, -0.2) is 4.39 Å². The van der Waals surface area contributed by atoms with Gasteiger partial charge >= 0.3 is 0 Å². The summed E-state index contributed by atoms with van der Waals surface area (Å²) in [6.45, 7) is 10.6. The van der Waals surface area contributed by atoms with Gasteiger partial charge in [0.05, 0.1) is 11.4 Å². The van der Waals surface area contributed by atoms with Gasteiger partial charge in [-0.1, -0.05) is 88.7 Å². The lowest BCUT2D eigenvalue weighted by Crippen LogP contribution is -2.32. The SMILES string of the molecule is CCCCN(C)c1ccc(-c2cccc(CN(Cc3cccc(CN)c3)C(=O)CC(C)(C)C)c2)cc1NC(=O)c1cccc(F)c1. The molecule has 46 heavy (non-hydrogen) atoms. The summed E-state index contributed by atoms with van der Waals surface area (Å²) in [6, 6.07) is 28.0. The molecule has 4 aromatic rings. The Bertz CT molecular complexity index is 1650. The number of hydrogen-bond donors (Lipinski definition) is 2. The van der Waals surface area contributed by atoms with Crippen LogP contribution in [0.5, 0.6) is 0 Å². The molecule has 6 nitrogen and oxygen atoms in total. The first-order valence-electron chi connectivity index (χ1n) is 16.0. The van der Waals surface area contributed by atoms with E-state index in [0.29, 0.717) is 31.7 Å². The van der Waals surface area contributed by atoms with Crippen LogP contribution in [0.1, 0.15) is 74.0 Å². The molecule has 0 saturated heterocycles. The number of nitrogens with two attached hydrogens (primary N) is 1. The van der Waals surface area contributed by atoms with Gasteiger partial charge in [-0.3, -0.25) is 9.59 Å². The van der Waals surface area contributed by atoms with E-state index < -0.39 is 5.82 Å². The molecule has 0 aliphatic rings. The number of amides is 2. The number of benzene rings is 4. The highest BCUT2D eigenvalue weighted by atomic mass is 19.1. The van der Waals surface area contributed by atoms with E-state index >= 15 is 0 Å². The Kier molecular flexibility index (Phi) is 11.7. The van der Waals surface area contributed by atoms with Crippen molar-refractivity contribution in [2.24, 2.45) is 11.1 Å². The molecule has 0 radical (unpaired) electrons. The minimum Gasteiger partial charge on any atom is -0.373 e. The van der Waals surface area contributed by atoms with Crippen molar-refractivity contribution in [2.45, 2.75) is 66.6 Å². The van der Waals surface area contributed by atoms with Gasteiger partial charge in [0, 0.05) is 45.2 Å². The van der Waals surface area contributed by atoms with Crippen LogP contribution in [0.25, 0.3) is 11.1 Å². The molecule has 0 spiro atoms. The van der Waals surface area contributed by atoms with E-state index in [1.165, 1.54) is 18.2 Å². The highest BCUT2D eigenvalue weighted by Gasteiger charge is 2.22. The smallest absolute Gasteiger partial charge is 0.255 e. The second-order valence-electron chi connectivity index (χ2n) is 13.2. The van der Waals surface area contributed by atoms with Gasteiger partial charge in [0.1, 0.15) is 5.82 Å². The van der Waals surface area contributed by atoms with Gasteiger partial charge in [-0.2, -0.15) is 0 Å². The van der Waals surface area contributed by atoms with Crippen molar-refractivity contribution in [1.82, 2.24) is 4.90 Å². The molecule has 0 unspecified atom stereocenters. The summed E-state index contributed by atoms with van der Waals surface area (Å²) >= 11 is 0. The number of anilines is 2. The monoisotopic (exact) mass is 622 g/mol. The maximum Gasteiger partial charge on any atom is 0.255 e. The third-order valence-corrected chi connectivity index (χ3v) is 7.86. The molecule has 0 bridgehead atoms. The zero-order chi connectivity index (χ0) is 33.3. The minimum atomic E-state index is -0.458. The van der Waals surface area contributed by atoms with Gasteiger partial charge in [0.2, 0.25) is 5.91 Å². The number of carbonyl (C=O) groups excluding carboxylic acids is 2. The van der Waals surface area contributed by atoms with Crippen LogP contribution in [-0.2, 0) is 24.4 Å². The summed E-state index contributed by atoms with van der Waals surface area (Å²) in [7, 11) is 2.01. The fourth-order valence-electron chi connectivity index (χ4n) is 5.43. The Labute approximate surface area is 273 Å². The molecule has 0 aromatic heterocycles. The Morgan fingerprint density at radius 1 is 0.826 bits per heavy atom. The molecular weight excluding hydrogens is 575 g/mol. The van der Waals surface area contributed by atoms with Crippen LogP contribution in [-0.4, -0.2) is 30.3 Å². The first-order valence-corrected chi connectivity index (χ1v) is 16.0. The molecule has 4 rings (SSSR count). The molecule has 0 aliphatic heterocycles. The zero-order valence-corrected chi connectivity index (χ0v) is 27.8. The highest BCUT2D eigenvalue weighted by Crippen LogP contribution is 2.33. The topological polar surface area (TPSA) is 78.7 Å². The molecule has 0 aliphatic carbocycles. The van der Waals surface area contributed by atoms with Gasteiger partial charge in [0.25, 0.3) is 5.91 Å². The van der Waals surface area contributed by atoms with Crippen molar-refractivity contribution in [3.8, 4) is 11.1 Å². The second-order valence-corrected chi connectivity index (χ2v) is 13.2. The Morgan fingerprint density at radius 3 is 2.15 bits per heavy atom. The Morgan fingerprint density at radius 2 is 1.48 bits per heavy atom. The van der Waals surface area contributed by atoms with Crippen molar-refractivity contribution in [1.29, 1.82) is 0 Å². The van der Waals surface area contributed by atoms with E-state index in [1.807, 2.05) is 60.5 Å². The summed E-state index contributed by atoms with van der Waals surface area (Å²) in [5.41, 5.74) is 12.5. The summed E-state index contributed by atoms with van der Waals surface area (Å²) in [4.78, 5) is 30.8. The maximum absolute atomic E-state index is 13.9. The fraction of sp³-hybridized carbons (Fsp3) is 0.333. The number of nitrogens with zero attached hydrogens (tertiary/aromatic N) is 2. The van der Waals surface area contributed by atoms with Crippen molar-refractivity contribution >= 4 is 23.2 Å². The van der Waals surface area contributed by atoms with Crippen molar-refractivity contribution in [3.05, 3.63) is 119 Å². The van der Waals surface area contributed by atoms with E-state index in [-0.39, 0.29) is 22.8 Å². The maximum atomic E-state index is 13.9. The van der Waals surface area contributed by atoms with E-state index in [0.717, 1.165) is 52.9 Å². The van der Waals surface area contributed by atoms with E-state index in [9.17, 15) is 14.0 Å². The molecule has 0 fully saturated rings. The van der Waals surface area contributed by atoms with Gasteiger partial charge in [-0.15, -0.1) is 0 Å². The third-order valence-electron chi connectivity index (χ3n) is 7.86. The number of halogens is 1. The summed E-state index contributed by atoms with van der Waals surface area (Å²) < 4.78 is 13.9. The van der Waals surface area contributed by atoms with Gasteiger partial charge in [0.15, 0.2) is 0 Å². The predicted octanol–water partition coefficient (Wildman–Crippen LogP) is 8.41. The van der Waals surface area contributed by atoms with Gasteiger partial charge in [-0.05, 0) is 76.1 Å². The molecule has 0 saturated carbocycles. The Hall–Kier alpha value is -4.49. The van der Waals surface area contributed by atoms with Gasteiger partial charge < -0.3 is 20.9 Å². The number of hydrogen-bond acceptors (Lipinski definition) is 4. The minimum absolute atomic E-state index is 0.0953. The lowest BCUT2D eigenvalue weighted by Gasteiger charge is -2.27. The highest BCUT2D eigenvalue weighted by molar-refractivity contribution is 6.06. The predicted molar refractivity (Wildman–Crippen MR) is 187 cm³/mol. The largest absolute Gasteiger partial charge is 0.373 e. The fourth-order valence-corrected chi connectivity index (χ4v) is 5.43. The average molecular weight is 623 g/mol. The standard InChI is InChI=1S/C39H47FN4O2/c1-6-7-19-43(5)36-18-17-32(23-35(36)42-38(46)33-15-10-16-34(40)22-33)31-14-9-13-30(21-31)27-44(37(45)24-39(2,3)4)26-29-12-8-11-28(20-29)25-41/h8-18,20-23H,6-7,19,24-27,41H2,1-5H3,(H,42,46). The van der Waals surface area contributed by atoms with Crippen LogP contribution in [0.2, 0.25) is 0 Å². The average Bonchev–Trinajstić information content (AvgIpc) is 3.02. The molecule has 7 heteroatoms. The molecule has 242 valence electrons. The van der Waals surface area contributed by atoms with Crippen molar-refractivity contribution < 1.29 is 14.0 Å². The molecule has 0 heterocycles. The molecule has 0 atom stereocenters. The van der Waals surface area contributed by atoms with Crippen LogP contribution >= 0.6 is 0 Å². The molecule has 4 aromatic carbocycles. The van der Waals surface area contributed by atoms with E-state index in [2.05, 4.69) is 56.1 Å². The number of carbonyl (C=O) groups is 2. The van der Waals surface area contributed by atoms with Crippen LogP contribution in [0.3, 0.4) is 0 Å². The Balaban J connectivity index is 1.65. The molecule has 2 amide bonds. The van der Waals surface area contributed by atoms with E-state index in [1.54, 1.807) is 6.07 Å². The zero-order valence-electron chi connectivity index (χ0n) is 27.8. The van der Waals surface area contributed by atoms with Crippen LogP contribution in [0.4, 0.5) is 15.8 Å². The first-order chi connectivity index (χ1) is 22.0. The first kappa shape index (κ1) is 34.4. The normalized spacial score (nSPS) is 11.3. The summed E-state index contributed by atoms with van der Waals surface area (Å²) in [5.74, 6) is -0.735. The van der Waals surface area contributed by atoms with Crippen LogP contribution in [0, 0.1) is 11.2 Å². The lowest BCUT2D eigenvalue weighted by atomic mass is 9.91. The summed E-state index contributed by atoms with van der Waals surface area (Å²) in [6.07, 6.45) is 2.50. The quantitative estimate of drug-likeness (QED) is 0.157. The molecular formula is C39H47FN4O2. The number of unbranched alkanes of at least 4 members (excludes halogenated alkanes) is 1. The number of rotatable bonds is 13. The van der Waals surface area contributed by atoms with E-state index in [4.69, 9.17) is 5.73 Å². The van der Waals surface area contributed by atoms with Crippen molar-refractivity contribution in [3.63, 3.8) is 0 Å². The summed E-state index contributed by atoms with van der Waals surface area (Å²) in [5, 5.41) is 3.03. The second kappa shape index (κ2) is 15.7. The third kappa shape index (κ3) is 9.75. The molecule has 3 N–H and O–H groups in total. The van der Waals surface area contributed by atoms with Crippen molar-refractivity contribution in [2.75, 3.05) is 23.8 Å². The lowest BCUT2D eigenvalue weighted by molar-refractivity contribution is -0.134.